The number of hydrogen-bond acceptors (Lipinski definition) is 3. The van der Waals surface area contributed by atoms with Gasteiger partial charge in [0.2, 0.25) is 0 Å². The Kier molecular flexibility index (Phi) is 4.55. The number of urea groups is 1. The largest absolute Gasteiger partial charge is 0.337 e. The van der Waals surface area contributed by atoms with Crippen molar-refractivity contribution in [1.82, 2.24) is 10.3 Å². The van der Waals surface area contributed by atoms with Gasteiger partial charge in [0.1, 0.15) is 0 Å². The van der Waals surface area contributed by atoms with Crippen molar-refractivity contribution in [3.63, 3.8) is 0 Å². The van der Waals surface area contributed by atoms with Gasteiger partial charge in [0.25, 0.3) is 0 Å². The summed E-state index contributed by atoms with van der Waals surface area (Å²) in [5, 5.41) is 8.54. The highest BCUT2D eigenvalue weighted by Gasteiger charge is 2.02. The lowest BCUT2D eigenvalue weighted by Gasteiger charge is -2.05. The summed E-state index contributed by atoms with van der Waals surface area (Å²) in [5.74, 6) is 0. The lowest BCUT2D eigenvalue weighted by Crippen LogP contribution is -2.30. The number of carbonyl (C=O) groups is 1. The molecule has 2 rings (SSSR count). The molecule has 0 saturated carbocycles. The second kappa shape index (κ2) is 6.37. The zero-order valence-corrected chi connectivity index (χ0v) is 11.1. The van der Waals surface area contributed by atoms with Crippen molar-refractivity contribution in [2.75, 3.05) is 11.9 Å². The van der Waals surface area contributed by atoms with Crippen LogP contribution in [0, 0.1) is 0 Å². The molecule has 2 aromatic rings. The Morgan fingerprint density at radius 3 is 2.78 bits per heavy atom. The van der Waals surface area contributed by atoms with Crippen LogP contribution in [0.4, 0.5) is 9.93 Å². The fraction of sp³-hybridized carbons (Fsp3) is 0.167. The van der Waals surface area contributed by atoms with Crippen LogP contribution in [0.25, 0.3) is 0 Å². The van der Waals surface area contributed by atoms with E-state index >= 15 is 0 Å². The molecule has 2 N–H and O–H groups in total. The van der Waals surface area contributed by atoms with Gasteiger partial charge in [0.05, 0.1) is 0 Å². The van der Waals surface area contributed by atoms with Crippen molar-refractivity contribution in [3.05, 3.63) is 46.4 Å². The Bertz CT molecular complexity index is 499. The molecule has 4 nitrogen and oxygen atoms in total. The van der Waals surface area contributed by atoms with Gasteiger partial charge in [0, 0.05) is 23.1 Å². The number of thiazole rings is 1. The SMILES string of the molecule is O=C(NCCc1ccc(Cl)cc1)Nc1nccs1. The molecule has 0 fully saturated rings. The van der Waals surface area contributed by atoms with E-state index in [1.165, 1.54) is 11.3 Å². The molecular formula is C12H12ClN3OS. The lowest BCUT2D eigenvalue weighted by atomic mass is 10.1. The number of halogens is 1. The first-order valence-electron chi connectivity index (χ1n) is 5.43. The van der Waals surface area contributed by atoms with Gasteiger partial charge < -0.3 is 5.32 Å². The van der Waals surface area contributed by atoms with E-state index in [1.54, 1.807) is 6.20 Å². The van der Waals surface area contributed by atoms with E-state index in [0.717, 1.165) is 12.0 Å². The summed E-state index contributed by atoms with van der Waals surface area (Å²) in [6.45, 7) is 0.568. The average Bonchev–Trinajstić information content (AvgIpc) is 2.84. The molecular weight excluding hydrogens is 270 g/mol. The van der Waals surface area contributed by atoms with E-state index in [-0.39, 0.29) is 6.03 Å². The fourth-order valence-electron chi connectivity index (χ4n) is 1.40. The lowest BCUT2D eigenvalue weighted by molar-refractivity contribution is 0.252. The molecule has 0 unspecified atom stereocenters. The van der Waals surface area contributed by atoms with Crippen molar-refractivity contribution in [2.45, 2.75) is 6.42 Å². The highest BCUT2D eigenvalue weighted by Crippen LogP contribution is 2.10. The summed E-state index contributed by atoms with van der Waals surface area (Å²) in [4.78, 5) is 15.4. The third-order valence-electron chi connectivity index (χ3n) is 2.27. The van der Waals surface area contributed by atoms with Crippen LogP contribution < -0.4 is 10.6 Å². The molecule has 0 aliphatic carbocycles. The van der Waals surface area contributed by atoms with Crippen LogP contribution in [-0.4, -0.2) is 17.6 Å². The van der Waals surface area contributed by atoms with Gasteiger partial charge in [-0.25, -0.2) is 9.78 Å². The second-order valence-corrected chi connectivity index (χ2v) is 4.93. The van der Waals surface area contributed by atoms with Crippen LogP contribution in [0.2, 0.25) is 5.02 Å². The van der Waals surface area contributed by atoms with Crippen LogP contribution in [0.3, 0.4) is 0 Å². The van der Waals surface area contributed by atoms with Gasteiger partial charge in [-0.15, -0.1) is 11.3 Å². The number of carbonyl (C=O) groups excluding carboxylic acids is 1. The van der Waals surface area contributed by atoms with Crippen molar-refractivity contribution in [2.24, 2.45) is 0 Å². The van der Waals surface area contributed by atoms with Gasteiger partial charge in [-0.1, -0.05) is 23.7 Å². The summed E-state index contributed by atoms with van der Waals surface area (Å²) < 4.78 is 0. The maximum absolute atomic E-state index is 11.5. The first-order valence-corrected chi connectivity index (χ1v) is 6.68. The average molecular weight is 282 g/mol. The highest BCUT2D eigenvalue weighted by atomic mass is 35.5. The number of nitrogens with one attached hydrogen (secondary N) is 2. The van der Waals surface area contributed by atoms with Gasteiger partial charge >= 0.3 is 6.03 Å². The predicted octanol–water partition coefficient (Wildman–Crippen LogP) is 3.16. The number of amides is 2. The number of hydrogen-bond donors (Lipinski definition) is 2. The molecule has 0 spiro atoms. The zero-order valence-electron chi connectivity index (χ0n) is 9.52. The molecule has 1 heterocycles. The van der Waals surface area contributed by atoms with Crippen LogP contribution in [0.5, 0.6) is 0 Å². The van der Waals surface area contributed by atoms with Crippen molar-refractivity contribution < 1.29 is 4.79 Å². The first-order chi connectivity index (χ1) is 8.74. The highest BCUT2D eigenvalue weighted by molar-refractivity contribution is 7.13. The Hall–Kier alpha value is -1.59. The van der Waals surface area contributed by atoms with Gasteiger partial charge in [-0.3, -0.25) is 5.32 Å². The number of anilines is 1. The molecule has 0 bridgehead atoms. The second-order valence-electron chi connectivity index (χ2n) is 3.59. The standard InChI is InChI=1S/C12H12ClN3OS/c13-10-3-1-9(2-4-10)5-6-14-11(17)16-12-15-7-8-18-12/h1-4,7-8H,5-6H2,(H2,14,15,16,17). The predicted molar refractivity (Wildman–Crippen MR) is 74.3 cm³/mol. The van der Waals surface area contributed by atoms with Crippen molar-refractivity contribution in [1.29, 1.82) is 0 Å². The third kappa shape index (κ3) is 4.01. The molecule has 0 saturated heterocycles. The topological polar surface area (TPSA) is 54.0 Å². The molecule has 94 valence electrons. The zero-order chi connectivity index (χ0) is 12.8. The van der Waals surface area contributed by atoms with Gasteiger partial charge in [-0.2, -0.15) is 0 Å². The molecule has 0 aliphatic rings. The minimum Gasteiger partial charge on any atom is -0.337 e. The molecule has 18 heavy (non-hydrogen) atoms. The van der Waals surface area contributed by atoms with Crippen LogP contribution in [0.1, 0.15) is 5.56 Å². The van der Waals surface area contributed by atoms with E-state index in [9.17, 15) is 4.79 Å². The monoisotopic (exact) mass is 281 g/mol. The molecule has 0 aliphatic heterocycles. The van der Waals surface area contributed by atoms with E-state index in [2.05, 4.69) is 15.6 Å². The van der Waals surface area contributed by atoms with Gasteiger partial charge in [0.15, 0.2) is 5.13 Å². The van der Waals surface area contributed by atoms with E-state index < -0.39 is 0 Å². The molecule has 6 heteroatoms. The van der Waals surface area contributed by atoms with E-state index in [0.29, 0.717) is 16.7 Å². The van der Waals surface area contributed by atoms with Crippen molar-refractivity contribution in [3.8, 4) is 0 Å². The summed E-state index contributed by atoms with van der Waals surface area (Å²) in [6.07, 6.45) is 2.41. The number of aromatic nitrogens is 1. The number of nitrogens with zero attached hydrogens (tertiary/aromatic N) is 1. The van der Waals surface area contributed by atoms with Crippen molar-refractivity contribution >= 4 is 34.1 Å². The van der Waals surface area contributed by atoms with Crippen LogP contribution >= 0.6 is 22.9 Å². The Balaban J connectivity index is 1.72. The summed E-state index contributed by atoms with van der Waals surface area (Å²) in [6, 6.07) is 7.34. The molecule has 0 radical (unpaired) electrons. The normalized spacial score (nSPS) is 10.1. The summed E-state index contributed by atoms with van der Waals surface area (Å²) >= 11 is 7.18. The minimum absolute atomic E-state index is 0.237. The summed E-state index contributed by atoms with van der Waals surface area (Å²) in [5.41, 5.74) is 1.13. The molecule has 1 aromatic heterocycles. The first kappa shape index (κ1) is 12.9. The van der Waals surface area contributed by atoms with Crippen LogP contribution in [-0.2, 0) is 6.42 Å². The molecule has 2 amide bonds. The molecule has 0 atom stereocenters. The maximum Gasteiger partial charge on any atom is 0.321 e. The quantitative estimate of drug-likeness (QED) is 0.904. The number of benzene rings is 1. The third-order valence-corrected chi connectivity index (χ3v) is 3.21. The summed E-state index contributed by atoms with van der Waals surface area (Å²) in [7, 11) is 0. The minimum atomic E-state index is -0.237. The fourth-order valence-corrected chi connectivity index (χ4v) is 2.05. The van der Waals surface area contributed by atoms with Gasteiger partial charge in [-0.05, 0) is 24.1 Å². The van der Waals surface area contributed by atoms with E-state index in [4.69, 9.17) is 11.6 Å². The van der Waals surface area contributed by atoms with E-state index in [1.807, 2.05) is 29.6 Å². The van der Waals surface area contributed by atoms with Crippen LogP contribution in [0.15, 0.2) is 35.8 Å². The molecule has 1 aromatic carbocycles. The maximum atomic E-state index is 11.5. The Morgan fingerprint density at radius 2 is 2.11 bits per heavy atom. The Labute approximate surface area is 114 Å². The smallest absolute Gasteiger partial charge is 0.321 e. The number of rotatable bonds is 4. The Morgan fingerprint density at radius 1 is 1.33 bits per heavy atom.